The van der Waals surface area contributed by atoms with Crippen molar-refractivity contribution in [3.05, 3.63) is 94.0 Å². The minimum Gasteiger partial charge on any atom is -0.355 e. The van der Waals surface area contributed by atoms with E-state index in [4.69, 9.17) is 23.2 Å². The molecule has 0 unspecified atom stereocenters. The molecule has 0 saturated heterocycles. The van der Waals surface area contributed by atoms with Crippen LogP contribution in [0, 0.1) is 6.92 Å². The van der Waals surface area contributed by atoms with Gasteiger partial charge in [-0.1, -0.05) is 71.2 Å². The topological polar surface area (TPSA) is 86.8 Å². The van der Waals surface area contributed by atoms with Crippen molar-refractivity contribution in [2.45, 2.75) is 38.3 Å². The normalized spacial score (nSPS) is 12.0. The molecule has 0 aliphatic heterocycles. The van der Waals surface area contributed by atoms with E-state index in [-0.39, 0.29) is 33.1 Å². The van der Waals surface area contributed by atoms with Crippen LogP contribution in [-0.4, -0.2) is 44.3 Å². The van der Waals surface area contributed by atoms with Gasteiger partial charge in [0.1, 0.15) is 12.6 Å². The van der Waals surface area contributed by atoms with Gasteiger partial charge in [-0.05, 0) is 56.7 Å². The Morgan fingerprint density at radius 1 is 0.973 bits per heavy atom. The molecule has 0 heterocycles. The molecule has 3 rings (SSSR count). The molecule has 0 bridgehead atoms. The molecule has 0 radical (unpaired) electrons. The van der Waals surface area contributed by atoms with E-state index in [1.165, 1.54) is 35.2 Å². The van der Waals surface area contributed by atoms with Gasteiger partial charge in [0.15, 0.2) is 0 Å². The molecule has 196 valence electrons. The van der Waals surface area contributed by atoms with Gasteiger partial charge in [-0.25, -0.2) is 8.42 Å². The number of likely N-dealkylation sites (N-methyl/N-ethyl adjacent to an activating group) is 1. The third kappa shape index (κ3) is 7.03. The first-order valence-corrected chi connectivity index (χ1v) is 13.9. The number of carbonyl (C=O) groups excluding carboxylic acids is 2. The maximum atomic E-state index is 13.8. The van der Waals surface area contributed by atoms with E-state index in [1.54, 1.807) is 26.0 Å². The maximum absolute atomic E-state index is 13.8. The van der Waals surface area contributed by atoms with Gasteiger partial charge in [-0.3, -0.25) is 13.9 Å². The molecular weight excluding hydrogens is 533 g/mol. The summed E-state index contributed by atoms with van der Waals surface area (Å²) in [7, 11) is -4.23. The Morgan fingerprint density at radius 3 is 2.24 bits per heavy atom. The fourth-order valence-corrected chi connectivity index (χ4v) is 5.57. The van der Waals surface area contributed by atoms with Gasteiger partial charge < -0.3 is 10.2 Å². The maximum Gasteiger partial charge on any atom is 0.264 e. The van der Waals surface area contributed by atoms with E-state index in [0.717, 1.165) is 15.4 Å². The number of aryl methyl sites for hydroxylation is 1. The van der Waals surface area contributed by atoms with E-state index >= 15 is 0 Å². The van der Waals surface area contributed by atoms with Crippen molar-refractivity contribution in [1.82, 2.24) is 10.2 Å². The Labute approximate surface area is 228 Å². The Balaban J connectivity index is 2.06. The summed E-state index contributed by atoms with van der Waals surface area (Å²) >= 11 is 12.6. The van der Waals surface area contributed by atoms with Crippen LogP contribution in [0.4, 0.5) is 5.69 Å². The number of nitrogens with one attached hydrogen (secondary N) is 1. The second kappa shape index (κ2) is 12.4. The molecule has 10 heteroatoms. The summed E-state index contributed by atoms with van der Waals surface area (Å²) in [6.07, 6.45) is 0. The minimum absolute atomic E-state index is 0.00618. The second-order valence-electron chi connectivity index (χ2n) is 8.50. The van der Waals surface area contributed by atoms with Gasteiger partial charge in [-0.15, -0.1) is 0 Å². The van der Waals surface area contributed by atoms with Crippen molar-refractivity contribution in [1.29, 1.82) is 0 Å². The van der Waals surface area contributed by atoms with Gasteiger partial charge in [0, 0.05) is 18.1 Å². The van der Waals surface area contributed by atoms with Crippen molar-refractivity contribution < 1.29 is 18.0 Å². The number of hydrogen-bond acceptors (Lipinski definition) is 4. The number of benzene rings is 3. The molecule has 7 nitrogen and oxygen atoms in total. The predicted octanol–water partition coefficient (Wildman–Crippen LogP) is 5.05. The van der Waals surface area contributed by atoms with Gasteiger partial charge in [0.05, 0.1) is 15.6 Å². The Morgan fingerprint density at radius 2 is 1.62 bits per heavy atom. The molecule has 1 atom stereocenters. The summed E-state index contributed by atoms with van der Waals surface area (Å²) in [6, 6.07) is 19.0. The summed E-state index contributed by atoms with van der Waals surface area (Å²) in [6.45, 7) is 5.15. The number of amides is 2. The summed E-state index contributed by atoms with van der Waals surface area (Å²) in [4.78, 5) is 27.8. The zero-order chi connectivity index (χ0) is 27.2. The third-order valence-corrected chi connectivity index (χ3v) is 8.11. The molecule has 1 N–H and O–H groups in total. The van der Waals surface area contributed by atoms with E-state index in [0.29, 0.717) is 6.54 Å². The summed E-state index contributed by atoms with van der Waals surface area (Å²) in [5, 5.41) is 3.09. The Bertz CT molecular complexity index is 1350. The van der Waals surface area contributed by atoms with Crippen molar-refractivity contribution in [2.24, 2.45) is 0 Å². The standard InChI is InChI=1S/C27H29Cl2N3O4S/c1-4-30-27(34)20(3)31(17-21-8-6-5-7-9-21)26(33)18-32(25-16-22(28)12-15-24(25)29)37(35,36)23-13-10-19(2)11-14-23/h5-16,20H,4,17-18H2,1-3H3,(H,30,34)/t20-/m1/s1. The van der Waals surface area contributed by atoms with E-state index < -0.39 is 28.5 Å². The second-order valence-corrected chi connectivity index (χ2v) is 11.2. The smallest absolute Gasteiger partial charge is 0.264 e. The highest BCUT2D eigenvalue weighted by Gasteiger charge is 2.33. The number of halogens is 2. The Kier molecular flexibility index (Phi) is 9.59. The number of rotatable bonds is 10. The Hall–Kier alpha value is -3.07. The van der Waals surface area contributed by atoms with Crippen LogP contribution in [0.3, 0.4) is 0 Å². The first kappa shape index (κ1) is 28.5. The fourth-order valence-electron chi connectivity index (χ4n) is 3.71. The molecule has 37 heavy (non-hydrogen) atoms. The molecular formula is C27H29Cl2N3O4S. The quantitative estimate of drug-likeness (QED) is 0.375. The molecule has 0 fully saturated rings. The molecule has 3 aromatic rings. The summed E-state index contributed by atoms with van der Waals surface area (Å²) in [5.41, 5.74) is 1.74. The molecule has 3 aromatic carbocycles. The monoisotopic (exact) mass is 561 g/mol. The molecule has 0 saturated carbocycles. The van der Waals surface area contributed by atoms with Gasteiger partial charge in [-0.2, -0.15) is 0 Å². The van der Waals surface area contributed by atoms with E-state index in [2.05, 4.69) is 5.32 Å². The van der Waals surface area contributed by atoms with Crippen LogP contribution in [0.25, 0.3) is 0 Å². The van der Waals surface area contributed by atoms with Crippen LogP contribution in [-0.2, 0) is 26.2 Å². The lowest BCUT2D eigenvalue weighted by molar-refractivity contribution is -0.139. The highest BCUT2D eigenvalue weighted by Crippen LogP contribution is 2.33. The van der Waals surface area contributed by atoms with Crippen LogP contribution >= 0.6 is 23.2 Å². The number of anilines is 1. The minimum atomic E-state index is -4.23. The fraction of sp³-hybridized carbons (Fsp3) is 0.259. The lowest BCUT2D eigenvalue weighted by Gasteiger charge is -2.32. The molecule has 0 aliphatic rings. The van der Waals surface area contributed by atoms with Crippen LogP contribution in [0.1, 0.15) is 25.0 Å². The van der Waals surface area contributed by atoms with Gasteiger partial charge >= 0.3 is 0 Å². The zero-order valence-corrected chi connectivity index (χ0v) is 23.1. The lowest BCUT2D eigenvalue weighted by atomic mass is 10.1. The molecule has 2 amide bonds. The number of nitrogens with zero attached hydrogens (tertiary/aromatic N) is 2. The lowest BCUT2D eigenvalue weighted by Crippen LogP contribution is -2.51. The van der Waals surface area contributed by atoms with Crippen LogP contribution < -0.4 is 9.62 Å². The van der Waals surface area contributed by atoms with Gasteiger partial charge in [0.25, 0.3) is 10.0 Å². The van der Waals surface area contributed by atoms with Gasteiger partial charge in [0.2, 0.25) is 11.8 Å². The van der Waals surface area contributed by atoms with Crippen molar-refractivity contribution in [3.8, 4) is 0 Å². The van der Waals surface area contributed by atoms with Crippen molar-refractivity contribution >= 4 is 50.7 Å². The largest absolute Gasteiger partial charge is 0.355 e. The number of carbonyl (C=O) groups is 2. The first-order chi connectivity index (χ1) is 17.5. The SMILES string of the molecule is CCNC(=O)[C@@H](C)N(Cc1ccccc1)C(=O)CN(c1cc(Cl)ccc1Cl)S(=O)(=O)c1ccc(C)cc1. The van der Waals surface area contributed by atoms with E-state index in [9.17, 15) is 18.0 Å². The van der Waals surface area contributed by atoms with Crippen LogP contribution in [0.15, 0.2) is 77.7 Å². The average Bonchev–Trinajstić information content (AvgIpc) is 2.87. The highest BCUT2D eigenvalue weighted by atomic mass is 35.5. The first-order valence-electron chi connectivity index (χ1n) is 11.7. The van der Waals surface area contributed by atoms with Crippen molar-refractivity contribution in [2.75, 3.05) is 17.4 Å². The van der Waals surface area contributed by atoms with Crippen LogP contribution in [0.5, 0.6) is 0 Å². The number of sulfonamides is 1. The third-order valence-electron chi connectivity index (χ3n) is 5.78. The van der Waals surface area contributed by atoms with Crippen LogP contribution in [0.2, 0.25) is 10.0 Å². The predicted molar refractivity (Wildman–Crippen MR) is 147 cm³/mol. The zero-order valence-electron chi connectivity index (χ0n) is 20.8. The number of hydrogen-bond donors (Lipinski definition) is 1. The highest BCUT2D eigenvalue weighted by molar-refractivity contribution is 7.92. The van der Waals surface area contributed by atoms with Crippen molar-refractivity contribution in [3.63, 3.8) is 0 Å². The summed E-state index contributed by atoms with van der Waals surface area (Å²) in [5.74, 6) is -0.921. The molecule has 0 spiro atoms. The average molecular weight is 563 g/mol. The summed E-state index contributed by atoms with van der Waals surface area (Å²) < 4.78 is 28.5. The van der Waals surface area contributed by atoms with E-state index in [1.807, 2.05) is 37.3 Å². The molecule has 0 aromatic heterocycles. The molecule has 0 aliphatic carbocycles.